The normalized spacial score (nSPS) is 17.5. The molecule has 0 spiro atoms. The second-order valence-electron chi connectivity index (χ2n) is 5.58. The fraction of sp³-hybridized carbons (Fsp3) is 0.375. The number of carbonyl (C=O) groups excluding carboxylic acids is 2. The largest absolute Gasteiger partial charge is 0.330 e. The van der Waals surface area contributed by atoms with Gasteiger partial charge < -0.3 is 10.6 Å². The molecule has 1 fully saturated rings. The van der Waals surface area contributed by atoms with E-state index >= 15 is 0 Å². The second kappa shape index (κ2) is 7.76. The van der Waals surface area contributed by atoms with E-state index in [-0.39, 0.29) is 11.2 Å². The first-order valence-corrected chi connectivity index (χ1v) is 9.47. The van der Waals surface area contributed by atoms with Crippen molar-refractivity contribution in [3.05, 3.63) is 24.3 Å². The molecule has 0 aliphatic heterocycles. The maximum atomic E-state index is 11.9. The van der Waals surface area contributed by atoms with Gasteiger partial charge in [0.05, 0.1) is 5.25 Å². The lowest BCUT2D eigenvalue weighted by Gasteiger charge is -2.17. The van der Waals surface area contributed by atoms with Gasteiger partial charge in [-0.2, -0.15) is 0 Å². The molecular formula is C16H18N4O2S2. The molecule has 1 unspecified atom stereocenters. The summed E-state index contributed by atoms with van der Waals surface area (Å²) >= 11 is 2.95. The minimum absolute atomic E-state index is 0.0163. The number of amides is 1. The highest BCUT2D eigenvalue weighted by molar-refractivity contribution is 8.02. The average molecular weight is 362 g/mol. The van der Waals surface area contributed by atoms with E-state index in [2.05, 4.69) is 20.8 Å². The van der Waals surface area contributed by atoms with Crippen molar-refractivity contribution in [2.45, 2.75) is 42.2 Å². The van der Waals surface area contributed by atoms with E-state index < -0.39 is 0 Å². The molecule has 1 heterocycles. The van der Waals surface area contributed by atoms with Gasteiger partial charge in [0, 0.05) is 24.7 Å². The Bertz CT molecular complexity index is 747. The lowest BCUT2D eigenvalue weighted by molar-refractivity contribution is -0.119. The molecule has 8 heteroatoms. The highest BCUT2D eigenvalue weighted by atomic mass is 32.2. The van der Waals surface area contributed by atoms with Gasteiger partial charge in [-0.25, -0.2) is 0 Å². The van der Waals surface area contributed by atoms with Gasteiger partial charge in [0.15, 0.2) is 4.34 Å². The molecule has 0 radical (unpaired) electrons. The number of hydrogen-bond donors (Lipinski definition) is 2. The molecular weight excluding hydrogens is 344 g/mol. The molecule has 1 atom stereocenters. The molecule has 2 N–H and O–H groups in total. The number of benzene rings is 1. The number of anilines is 3. The zero-order valence-corrected chi connectivity index (χ0v) is 14.9. The summed E-state index contributed by atoms with van der Waals surface area (Å²) in [6.45, 7) is 1.47. The van der Waals surface area contributed by atoms with Gasteiger partial charge in [0.2, 0.25) is 11.0 Å². The molecule has 1 aliphatic rings. The van der Waals surface area contributed by atoms with Crippen LogP contribution in [0.4, 0.5) is 16.5 Å². The number of aromatic nitrogens is 2. The highest BCUT2D eigenvalue weighted by Gasteiger charge is 2.24. The number of rotatable bonds is 5. The summed E-state index contributed by atoms with van der Waals surface area (Å²) in [5.41, 5.74) is 1.54. The summed E-state index contributed by atoms with van der Waals surface area (Å²) in [4.78, 5) is 23.0. The van der Waals surface area contributed by atoms with Crippen LogP contribution < -0.4 is 10.6 Å². The van der Waals surface area contributed by atoms with Crippen LogP contribution in [0.15, 0.2) is 28.6 Å². The number of hydrogen-bond acceptors (Lipinski definition) is 7. The third-order valence-corrected chi connectivity index (χ3v) is 5.82. The third kappa shape index (κ3) is 4.55. The van der Waals surface area contributed by atoms with Gasteiger partial charge in [-0.1, -0.05) is 35.6 Å². The predicted octanol–water partition coefficient (Wildman–Crippen LogP) is 3.84. The first-order valence-electron chi connectivity index (χ1n) is 7.78. The van der Waals surface area contributed by atoms with Gasteiger partial charge in [0.25, 0.3) is 0 Å². The van der Waals surface area contributed by atoms with Crippen molar-refractivity contribution in [2.75, 3.05) is 10.6 Å². The van der Waals surface area contributed by atoms with Gasteiger partial charge in [-0.3, -0.25) is 9.59 Å². The number of Topliss-reactive ketones (excluding diaryl/α,β-unsaturated/α-hetero) is 1. The van der Waals surface area contributed by atoms with E-state index in [4.69, 9.17) is 0 Å². The molecule has 126 valence electrons. The molecule has 6 nitrogen and oxygen atoms in total. The lowest BCUT2D eigenvalue weighted by atomic mass is 9.99. The summed E-state index contributed by atoms with van der Waals surface area (Å²) < 4.78 is 0.802. The van der Waals surface area contributed by atoms with Crippen LogP contribution in [0.25, 0.3) is 0 Å². The molecule has 24 heavy (non-hydrogen) atoms. The fourth-order valence-corrected chi connectivity index (χ4v) is 4.65. The smallest absolute Gasteiger partial charge is 0.221 e. The SMILES string of the molecule is CC(=O)Nc1cccc(Nc2nnc(SC3CCCCC3=O)s2)c1. The Kier molecular flexibility index (Phi) is 5.47. The van der Waals surface area contributed by atoms with Crippen molar-refractivity contribution in [1.29, 1.82) is 0 Å². The Morgan fingerprint density at radius 1 is 1.29 bits per heavy atom. The topological polar surface area (TPSA) is 84.0 Å². The van der Waals surface area contributed by atoms with Gasteiger partial charge in [0.1, 0.15) is 5.78 Å². The lowest BCUT2D eigenvalue weighted by Crippen LogP contribution is -2.21. The number of ketones is 1. The number of thioether (sulfide) groups is 1. The van der Waals surface area contributed by atoms with Crippen LogP contribution in [0, 0.1) is 0 Å². The maximum Gasteiger partial charge on any atom is 0.221 e. The Labute approximate surface area is 148 Å². The Hall–Kier alpha value is -1.93. The molecule has 1 amide bonds. The zero-order chi connectivity index (χ0) is 16.9. The number of nitrogens with zero attached hydrogens (tertiary/aromatic N) is 2. The second-order valence-corrected chi connectivity index (χ2v) is 8.01. The van der Waals surface area contributed by atoms with E-state index in [1.807, 2.05) is 24.3 Å². The quantitative estimate of drug-likeness (QED) is 0.841. The zero-order valence-electron chi connectivity index (χ0n) is 13.2. The summed E-state index contributed by atoms with van der Waals surface area (Å²) in [6, 6.07) is 7.40. The summed E-state index contributed by atoms with van der Waals surface area (Å²) in [5.74, 6) is 0.206. The predicted molar refractivity (Wildman–Crippen MR) is 97.1 cm³/mol. The van der Waals surface area contributed by atoms with Gasteiger partial charge in [-0.05, 0) is 31.0 Å². The minimum Gasteiger partial charge on any atom is -0.330 e. The monoisotopic (exact) mass is 362 g/mol. The summed E-state index contributed by atoms with van der Waals surface area (Å²) in [7, 11) is 0. The number of nitrogens with one attached hydrogen (secondary N) is 2. The Morgan fingerprint density at radius 2 is 2.12 bits per heavy atom. The van der Waals surface area contributed by atoms with E-state index in [1.54, 1.807) is 0 Å². The van der Waals surface area contributed by atoms with Gasteiger partial charge >= 0.3 is 0 Å². The standard InChI is InChI=1S/C16H18N4O2S2/c1-10(21)17-11-5-4-6-12(9-11)18-15-19-20-16(24-15)23-14-8-3-2-7-13(14)22/h4-6,9,14H,2-3,7-8H2,1H3,(H,17,21)(H,18,19). The fourth-order valence-electron chi connectivity index (χ4n) is 2.51. The summed E-state index contributed by atoms with van der Waals surface area (Å²) in [6.07, 6.45) is 3.70. The maximum absolute atomic E-state index is 11.9. The molecule has 1 aromatic heterocycles. The van der Waals surface area contributed by atoms with Crippen LogP contribution in [-0.2, 0) is 9.59 Å². The molecule has 2 aromatic rings. The molecule has 1 aliphatic carbocycles. The van der Waals surface area contributed by atoms with Crippen molar-refractivity contribution < 1.29 is 9.59 Å². The van der Waals surface area contributed by atoms with E-state index in [1.165, 1.54) is 30.0 Å². The van der Waals surface area contributed by atoms with E-state index in [9.17, 15) is 9.59 Å². The van der Waals surface area contributed by atoms with E-state index in [0.717, 1.165) is 35.0 Å². The van der Waals surface area contributed by atoms with Crippen LogP contribution in [0.2, 0.25) is 0 Å². The highest BCUT2D eigenvalue weighted by Crippen LogP contribution is 2.35. The molecule has 1 saturated carbocycles. The van der Waals surface area contributed by atoms with Crippen LogP contribution >= 0.6 is 23.1 Å². The molecule has 3 rings (SSSR count). The summed E-state index contributed by atoms with van der Waals surface area (Å²) in [5, 5.41) is 14.9. The van der Waals surface area contributed by atoms with Crippen molar-refractivity contribution in [1.82, 2.24) is 10.2 Å². The first-order chi connectivity index (χ1) is 11.6. The van der Waals surface area contributed by atoms with Crippen LogP contribution in [0.5, 0.6) is 0 Å². The third-order valence-electron chi connectivity index (χ3n) is 3.58. The van der Waals surface area contributed by atoms with Crippen LogP contribution in [-0.4, -0.2) is 27.1 Å². The van der Waals surface area contributed by atoms with Crippen molar-refractivity contribution in [3.63, 3.8) is 0 Å². The van der Waals surface area contributed by atoms with Crippen LogP contribution in [0.1, 0.15) is 32.6 Å². The Balaban J connectivity index is 1.63. The van der Waals surface area contributed by atoms with Crippen molar-refractivity contribution in [2.24, 2.45) is 0 Å². The first kappa shape index (κ1) is 16.9. The molecule has 1 aromatic carbocycles. The van der Waals surface area contributed by atoms with Crippen molar-refractivity contribution >= 4 is 51.3 Å². The molecule has 0 saturated heterocycles. The van der Waals surface area contributed by atoms with E-state index in [0.29, 0.717) is 17.3 Å². The van der Waals surface area contributed by atoms with Crippen LogP contribution in [0.3, 0.4) is 0 Å². The Morgan fingerprint density at radius 3 is 2.92 bits per heavy atom. The van der Waals surface area contributed by atoms with Crippen molar-refractivity contribution in [3.8, 4) is 0 Å². The molecule has 0 bridgehead atoms. The number of carbonyl (C=O) groups is 2. The average Bonchev–Trinajstić information content (AvgIpc) is 2.96. The minimum atomic E-state index is -0.112. The van der Waals surface area contributed by atoms with Gasteiger partial charge in [-0.15, -0.1) is 10.2 Å².